The smallest absolute Gasteiger partial charge is 0.271 e. The first kappa shape index (κ1) is 23.1. The van der Waals surface area contributed by atoms with Crippen LogP contribution in [-0.4, -0.2) is 16.7 Å². The number of amides is 1. The number of nitrogens with one attached hydrogen (secondary N) is 1. The monoisotopic (exact) mass is 587 g/mol. The molecule has 0 aliphatic heterocycles. The minimum Gasteiger partial charge on any atom is -0.447 e. The van der Waals surface area contributed by atoms with Crippen molar-refractivity contribution in [3.8, 4) is 28.2 Å². The highest BCUT2D eigenvalue weighted by atomic mass is 79.9. The molecular weight excluding hydrogens is 570 g/mol. The summed E-state index contributed by atoms with van der Waals surface area (Å²) in [6.45, 7) is 0. The summed E-state index contributed by atoms with van der Waals surface area (Å²) in [5, 5.41) is 3.99. The highest BCUT2D eigenvalue weighted by Crippen LogP contribution is 2.32. The number of halogens is 2. The van der Waals surface area contributed by atoms with Crippen molar-refractivity contribution in [1.82, 2.24) is 9.99 Å². The van der Waals surface area contributed by atoms with Crippen LogP contribution in [0.5, 0.6) is 0 Å². The van der Waals surface area contributed by atoms with Crippen molar-refractivity contribution in [1.29, 1.82) is 0 Å². The van der Waals surface area contributed by atoms with Crippen molar-refractivity contribution in [3.63, 3.8) is 0 Å². The molecule has 7 heteroatoms. The van der Waals surface area contributed by atoms with E-state index < -0.39 is 0 Å². The Labute approximate surface area is 219 Å². The van der Waals surface area contributed by atoms with Crippen LogP contribution >= 0.6 is 31.9 Å². The van der Waals surface area contributed by atoms with Gasteiger partial charge in [0.2, 0.25) is 0 Å². The van der Waals surface area contributed by atoms with E-state index in [4.69, 9.17) is 4.42 Å². The van der Waals surface area contributed by atoms with Gasteiger partial charge < -0.3 is 8.98 Å². The number of rotatable bonds is 6. The number of hydrazone groups is 1. The molecule has 1 N–H and O–H groups in total. The summed E-state index contributed by atoms with van der Waals surface area (Å²) in [4.78, 5) is 12.6. The van der Waals surface area contributed by atoms with Crippen LogP contribution in [0.25, 0.3) is 28.2 Å². The van der Waals surface area contributed by atoms with Crippen molar-refractivity contribution in [3.05, 3.63) is 124 Å². The molecule has 172 valence electrons. The molecule has 1 amide bonds. The van der Waals surface area contributed by atoms with Crippen molar-refractivity contribution < 1.29 is 9.21 Å². The molecule has 0 atom stereocenters. The standard InChI is InChI=1S/C28H19Br2N3O2/c29-24-17-23(35-27(24)30)18-31-32-28(34)21-11-13-22(14-12-21)33-25(19-7-3-1-4-8-19)15-16-26(33)20-9-5-2-6-10-20/h1-18H,(H,32,34)/b31-18-. The number of benzene rings is 3. The summed E-state index contributed by atoms with van der Waals surface area (Å²) in [5.41, 5.74) is 8.37. The Hall–Kier alpha value is -3.68. The summed E-state index contributed by atoms with van der Waals surface area (Å²) >= 11 is 6.62. The van der Waals surface area contributed by atoms with Crippen LogP contribution in [0.3, 0.4) is 0 Å². The van der Waals surface area contributed by atoms with Crippen LogP contribution < -0.4 is 5.43 Å². The van der Waals surface area contributed by atoms with Gasteiger partial charge in [-0.2, -0.15) is 5.10 Å². The Balaban J connectivity index is 1.43. The number of hydrogen-bond donors (Lipinski definition) is 1. The van der Waals surface area contributed by atoms with Gasteiger partial charge in [0.15, 0.2) is 4.67 Å². The molecule has 2 heterocycles. The van der Waals surface area contributed by atoms with Gasteiger partial charge in [0, 0.05) is 17.3 Å². The third kappa shape index (κ3) is 5.06. The fourth-order valence-electron chi connectivity index (χ4n) is 3.79. The number of carbonyl (C=O) groups excluding carboxylic acids is 1. The Morgan fingerprint density at radius 1 is 0.800 bits per heavy atom. The predicted molar refractivity (Wildman–Crippen MR) is 146 cm³/mol. The maximum atomic E-state index is 12.6. The van der Waals surface area contributed by atoms with E-state index in [2.05, 4.69) is 83.4 Å². The van der Waals surface area contributed by atoms with Gasteiger partial charge in [-0.1, -0.05) is 60.7 Å². The number of aromatic nitrogens is 1. The summed E-state index contributed by atoms with van der Waals surface area (Å²) in [5.74, 6) is 0.199. The van der Waals surface area contributed by atoms with Crippen LogP contribution in [0.1, 0.15) is 16.1 Å². The van der Waals surface area contributed by atoms with Crippen LogP contribution in [0.4, 0.5) is 0 Å². The molecule has 0 spiro atoms. The maximum Gasteiger partial charge on any atom is 0.271 e. The molecule has 2 aromatic heterocycles. The zero-order valence-electron chi connectivity index (χ0n) is 18.4. The van der Waals surface area contributed by atoms with Gasteiger partial charge in [-0.25, -0.2) is 5.43 Å². The van der Waals surface area contributed by atoms with Gasteiger partial charge in [-0.15, -0.1) is 0 Å². The van der Waals surface area contributed by atoms with Crippen molar-refractivity contribution in [2.75, 3.05) is 0 Å². The summed E-state index contributed by atoms with van der Waals surface area (Å²) in [7, 11) is 0. The second-order valence-electron chi connectivity index (χ2n) is 7.69. The SMILES string of the molecule is O=C(N/N=C\c1cc(Br)c(Br)o1)c1ccc(-n2c(-c3ccccc3)ccc2-c2ccccc2)cc1. The summed E-state index contributed by atoms with van der Waals surface area (Å²) in [6.07, 6.45) is 1.44. The van der Waals surface area contributed by atoms with Crippen LogP contribution in [0.2, 0.25) is 0 Å². The lowest BCUT2D eigenvalue weighted by molar-refractivity contribution is 0.0955. The minimum absolute atomic E-state index is 0.309. The van der Waals surface area contributed by atoms with E-state index in [-0.39, 0.29) is 5.91 Å². The van der Waals surface area contributed by atoms with E-state index >= 15 is 0 Å². The molecule has 5 nitrogen and oxygen atoms in total. The zero-order valence-corrected chi connectivity index (χ0v) is 21.5. The topological polar surface area (TPSA) is 59.5 Å². The Kier molecular flexibility index (Phi) is 6.79. The van der Waals surface area contributed by atoms with Gasteiger partial charge in [-0.05, 0) is 79.4 Å². The predicted octanol–water partition coefficient (Wildman–Crippen LogP) is 7.69. The van der Waals surface area contributed by atoms with Crippen LogP contribution in [0.15, 0.2) is 122 Å². The maximum absolute atomic E-state index is 12.6. The molecule has 0 aliphatic carbocycles. The Morgan fingerprint density at radius 3 is 1.89 bits per heavy atom. The summed E-state index contributed by atoms with van der Waals surface area (Å²) < 4.78 is 8.97. The van der Waals surface area contributed by atoms with Crippen molar-refractivity contribution in [2.45, 2.75) is 0 Å². The van der Waals surface area contributed by atoms with Crippen LogP contribution in [-0.2, 0) is 0 Å². The van der Waals surface area contributed by atoms with E-state index in [1.807, 2.05) is 48.5 Å². The highest BCUT2D eigenvalue weighted by Gasteiger charge is 2.14. The molecule has 35 heavy (non-hydrogen) atoms. The van der Waals surface area contributed by atoms with Gasteiger partial charge in [-0.3, -0.25) is 4.79 Å². The molecule has 5 aromatic rings. The minimum atomic E-state index is -0.309. The Morgan fingerprint density at radius 2 is 1.37 bits per heavy atom. The fourth-order valence-corrected chi connectivity index (χ4v) is 4.40. The van der Waals surface area contributed by atoms with Gasteiger partial charge in [0.1, 0.15) is 5.76 Å². The zero-order chi connectivity index (χ0) is 24.2. The average Bonchev–Trinajstić information content (AvgIpc) is 3.48. The molecule has 3 aromatic carbocycles. The quantitative estimate of drug-likeness (QED) is 0.163. The second-order valence-corrected chi connectivity index (χ2v) is 9.26. The third-order valence-corrected chi connectivity index (χ3v) is 7.14. The second kappa shape index (κ2) is 10.3. The fraction of sp³-hybridized carbons (Fsp3) is 0. The first-order chi connectivity index (χ1) is 17.1. The lowest BCUT2D eigenvalue weighted by Gasteiger charge is -2.15. The number of nitrogens with zero attached hydrogens (tertiary/aromatic N) is 2. The van der Waals surface area contributed by atoms with Gasteiger partial charge >= 0.3 is 0 Å². The van der Waals surface area contributed by atoms with Crippen LogP contribution in [0, 0.1) is 0 Å². The largest absolute Gasteiger partial charge is 0.447 e. The van der Waals surface area contributed by atoms with Crippen molar-refractivity contribution in [2.24, 2.45) is 5.10 Å². The lowest BCUT2D eigenvalue weighted by atomic mass is 10.1. The molecule has 5 rings (SSSR count). The van der Waals surface area contributed by atoms with Crippen molar-refractivity contribution >= 4 is 44.0 Å². The summed E-state index contributed by atoms with van der Waals surface area (Å²) in [6, 6.07) is 34.0. The first-order valence-electron chi connectivity index (χ1n) is 10.8. The van der Waals surface area contributed by atoms with E-state index in [1.54, 1.807) is 18.2 Å². The molecular formula is C28H19Br2N3O2. The molecule has 0 bridgehead atoms. The van der Waals surface area contributed by atoms with E-state index in [0.717, 1.165) is 32.7 Å². The van der Waals surface area contributed by atoms with E-state index in [9.17, 15) is 4.79 Å². The highest BCUT2D eigenvalue weighted by molar-refractivity contribution is 9.13. The molecule has 0 aliphatic rings. The number of furan rings is 1. The normalized spacial score (nSPS) is 11.1. The average molecular weight is 589 g/mol. The molecule has 0 fully saturated rings. The lowest BCUT2D eigenvalue weighted by Crippen LogP contribution is -2.17. The first-order valence-corrected chi connectivity index (χ1v) is 12.4. The number of carbonyl (C=O) groups is 1. The molecule has 0 unspecified atom stereocenters. The van der Waals surface area contributed by atoms with Gasteiger partial charge in [0.25, 0.3) is 5.91 Å². The Bertz CT molecular complexity index is 1410. The van der Waals surface area contributed by atoms with E-state index in [1.165, 1.54) is 6.21 Å². The molecule has 0 saturated heterocycles. The molecule has 0 saturated carbocycles. The molecule has 0 radical (unpaired) electrons. The number of hydrogen-bond acceptors (Lipinski definition) is 3. The van der Waals surface area contributed by atoms with E-state index in [0.29, 0.717) is 16.0 Å². The van der Waals surface area contributed by atoms with Gasteiger partial charge in [0.05, 0.1) is 22.1 Å². The third-order valence-electron chi connectivity index (χ3n) is 5.43.